The van der Waals surface area contributed by atoms with E-state index in [9.17, 15) is 9.18 Å². The number of aromatic nitrogens is 4. The molecule has 1 amide bonds. The van der Waals surface area contributed by atoms with Crippen molar-refractivity contribution >= 4 is 23.3 Å². The summed E-state index contributed by atoms with van der Waals surface area (Å²) in [5.41, 5.74) is 0.661. The van der Waals surface area contributed by atoms with Gasteiger partial charge in [-0.3, -0.25) is 9.89 Å². The van der Waals surface area contributed by atoms with Crippen LogP contribution in [-0.2, 0) is 11.2 Å². The number of pyridine rings is 1. The molecule has 196 valence electrons. The van der Waals surface area contributed by atoms with Gasteiger partial charge in [-0.05, 0) is 48.9 Å². The van der Waals surface area contributed by atoms with Crippen LogP contribution in [0, 0.1) is 17.7 Å². The molecule has 1 saturated carbocycles. The summed E-state index contributed by atoms with van der Waals surface area (Å²) >= 11 is 6.38. The number of aromatic amines is 1. The maximum atomic E-state index is 14.8. The second-order valence-corrected chi connectivity index (χ2v) is 10.2. The van der Waals surface area contributed by atoms with Crippen molar-refractivity contribution in [2.75, 3.05) is 25.1 Å². The minimum atomic E-state index is -0.499. The molecule has 8 nitrogen and oxygen atoms in total. The van der Waals surface area contributed by atoms with Gasteiger partial charge in [0, 0.05) is 37.0 Å². The van der Waals surface area contributed by atoms with Gasteiger partial charge in [0.25, 0.3) is 5.91 Å². The monoisotopic (exact) mass is 527 g/mol. The lowest BCUT2D eigenvalue weighted by molar-refractivity contribution is 0.0497. The van der Waals surface area contributed by atoms with Crippen molar-refractivity contribution in [3.63, 3.8) is 0 Å². The van der Waals surface area contributed by atoms with Crippen LogP contribution in [0.4, 0.5) is 10.2 Å². The molecule has 2 fully saturated rings. The third-order valence-electron chi connectivity index (χ3n) is 7.09. The zero-order valence-electron chi connectivity index (χ0n) is 20.6. The average Bonchev–Trinajstić information content (AvgIpc) is 3.39. The number of amides is 1. The quantitative estimate of drug-likeness (QED) is 0.381. The largest absolute Gasteiger partial charge is 0.493 e. The second kappa shape index (κ2) is 12.0. The fourth-order valence-electron chi connectivity index (χ4n) is 4.97. The molecule has 0 unspecified atom stereocenters. The average molecular weight is 528 g/mol. The van der Waals surface area contributed by atoms with Gasteiger partial charge >= 0.3 is 0 Å². The number of anilines is 1. The van der Waals surface area contributed by atoms with Gasteiger partial charge in [-0.15, -0.1) is 5.10 Å². The highest BCUT2D eigenvalue weighted by atomic mass is 35.5. The third kappa shape index (κ3) is 6.64. The van der Waals surface area contributed by atoms with Gasteiger partial charge in [0.15, 0.2) is 0 Å². The van der Waals surface area contributed by atoms with E-state index in [0.717, 1.165) is 32.5 Å². The lowest BCUT2D eigenvalue weighted by atomic mass is 9.87. The molecule has 1 saturated heterocycles. The molecule has 3 heterocycles. The first-order valence-corrected chi connectivity index (χ1v) is 13.3. The van der Waals surface area contributed by atoms with Gasteiger partial charge in [-0.25, -0.2) is 14.4 Å². The summed E-state index contributed by atoms with van der Waals surface area (Å²) in [5.74, 6) is 1.55. The molecule has 0 bridgehead atoms. The molecule has 2 aromatic heterocycles. The molecule has 2 aliphatic rings. The Morgan fingerprint density at radius 2 is 1.92 bits per heavy atom. The summed E-state index contributed by atoms with van der Waals surface area (Å²) in [4.78, 5) is 21.3. The maximum absolute atomic E-state index is 14.8. The fraction of sp³-hybridized carbons (Fsp3) is 0.481. The van der Waals surface area contributed by atoms with Crippen molar-refractivity contribution in [3.8, 4) is 16.9 Å². The topological polar surface area (TPSA) is 102 Å². The smallest absolute Gasteiger partial charge is 0.296 e. The number of carbonyl (C=O) groups excluding carboxylic acids is 1. The van der Waals surface area contributed by atoms with Crippen molar-refractivity contribution in [2.24, 2.45) is 11.8 Å². The number of hydrogen-bond donors (Lipinski definition) is 2. The highest BCUT2D eigenvalue weighted by Gasteiger charge is 2.20. The summed E-state index contributed by atoms with van der Waals surface area (Å²) in [6.45, 7) is 2.01. The standard InChI is InChI=1S/C27H31ClFN5O3/c28-22-15-30-24(32-27(35)26-31-25(33-34-26)12-17-4-2-1-3-5-17)14-20(22)21-13-19(6-7-23(21)29)37-16-18-8-10-36-11-9-18/h6-7,13-15,17-18H,1-5,8-12,16H2,(H,30,32,35)(H,31,33,34). The van der Waals surface area contributed by atoms with Crippen LogP contribution in [0.25, 0.3) is 11.1 Å². The lowest BCUT2D eigenvalue weighted by Gasteiger charge is -2.22. The van der Waals surface area contributed by atoms with Gasteiger partial charge in [0.05, 0.1) is 11.6 Å². The fourth-order valence-corrected chi connectivity index (χ4v) is 5.17. The molecule has 1 aliphatic heterocycles. The van der Waals surface area contributed by atoms with Crippen molar-refractivity contribution in [1.82, 2.24) is 20.2 Å². The first-order chi connectivity index (χ1) is 18.0. The van der Waals surface area contributed by atoms with E-state index in [4.69, 9.17) is 21.1 Å². The van der Waals surface area contributed by atoms with Crippen molar-refractivity contribution in [3.05, 3.63) is 53.0 Å². The Bertz CT molecular complexity index is 1220. The van der Waals surface area contributed by atoms with E-state index in [0.29, 0.717) is 35.6 Å². The van der Waals surface area contributed by atoms with Crippen LogP contribution >= 0.6 is 11.6 Å². The Labute approximate surface area is 220 Å². The van der Waals surface area contributed by atoms with E-state index >= 15 is 0 Å². The summed E-state index contributed by atoms with van der Waals surface area (Å²) in [6, 6.07) is 6.11. The number of ether oxygens (including phenoxy) is 2. The minimum Gasteiger partial charge on any atom is -0.493 e. The second-order valence-electron chi connectivity index (χ2n) is 9.83. The first-order valence-electron chi connectivity index (χ1n) is 12.9. The van der Waals surface area contributed by atoms with Gasteiger partial charge in [0.2, 0.25) is 5.82 Å². The number of halogens is 2. The number of nitrogens with one attached hydrogen (secondary N) is 2. The molecule has 1 aliphatic carbocycles. The molecule has 37 heavy (non-hydrogen) atoms. The van der Waals surface area contributed by atoms with Gasteiger partial charge < -0.3 is 14.8 Å². The normalized spacial score (nSPS) is 17.0. The van der Waals surface area contributed by atoms with Crippen LogP contribution in [0.15, 0.2) is 30.5 Å². The zero-order chi connectivity index (χ0) is 25.6. The third-order valence-corrected chi connectivity index (χ3v) is 7.39. The Morgan fingerprint density at radius 3 is 2.73 bits per heavy atom. The number of rotatable bonds is 8. The molecule has 0 atom stereocenters. The molecule has 1 aromatic carbocycles. The van der Waals surface area contributed by atoms with E-state index in [1.54, 1.807) is 12.1 Å². The molecule has 3 aromatic rings. The lowest BCUT2D eigenvalue weighted by Crippen LogP contribution is -2.21. The van der Waals surface area contributed by atoms with Crippen LogP contribution in [0.5, 0.6) is 5.75 Å². The molecule has 2 N–H and O–H groups in total. The maximum Gasteiger partial charge on any atom is 0.296 e. The van der Waals surface area contributed by atoms with Crippen LogP contribution in [0.2, 0.25) is 5.02 Å². The van der Waals surface area contributed by atoms with Gasteiger partial charge in [0.1, 0.15) is 23.2 Å². The van der Waals surface area contributed by atoms with Gasteiger partial charge in [-0.2, -0.15) is 0 Å². The van der Waals surface area contributed by atoms with Crippen LogP contribution in [-0.4, -0.2) is 45.9 Å². The summed E-state index contributed by atoms with van der Waals surface area (Å²) in [6.07, 6.45) is 10.2. The molecule has 5 rings (SSSR count). The van der Waals surface area contributed by atoms with E-state index < -0.39 is 11.7 Å². The highest BCUT2D eigenvalue weighted by Crippen LogP contribution is 2.34. The molecular formula is C27H31ClFN5O3. The van der Waals surface area contributed by atoms with Crippen LogP contribution < -0.4 is 10.1 Å². The zero-order valence-corrected chi connectivity index (χ0v) is 21.4. The number of nitrogens with zero attached hydrogens (tertiary/aromatic N) is 3. The van der Waals surface area contributed by atoms with Gasteiger partial charge in [-0.1, -0.05) is 43.7 Å². The summed E-state index contributed by atoms with van der Waals surface area (Å²) in [7, 11) is 0. The van der Waals surface area contributed by atoms with Crippen LogP contribution in [0.3, 0.4) is 0 Å². The molecule has 0 spiro atoms. The number of carbonyl (C=O) groups is 1. The highest BCUT2D eigenvalue weighted by molar-refractivity contribution is 6.33. The van der Waals surface area contributed by atoms with Crippen molar-refractivity contribution in [2.45, 2.75) is 51.4 Å². The SMILES string of the molecule is O=C(Nc1cc(-c2cc(OCC3CCOCC3)ccc2F)c(Cl)cn1)c1n[nH]c(CC2CCCCC2)n1. The van der Waals surface area contributed by atoms with E-state index in [1.165, 1.54) is 50.4 Å². The number of hydrogen-bond acceptors (Lipinski definition) is 6. The Balaban J connectivity index is 1.27. The van der Waals surface area contributed by atoms with E-state index in [2.05, 4.69) is 25.5 Å². The van der Waals surface area contributed by atoms with Crippen LogP contribution in [0.1, 0.15) is 61.4 Å². The molecule has 10 heteroatoms. The van der Waals surface area contributed by atoms with Crippen molar-refractivity contribution in [1.29, 1.82) is 0 Å². The summed E-state index contributed by atoms with van der Waals surface area (Å²) < 4.78 is 26.2. The number of H-pyrrole nitrogens is 1. The predicted molar refractivity (Wildman–Crippen MR) is 138 cm³/mol. The van der Waals surface area contributed by atoms with Crippen molar-refractivity contribution < 1.29 is 18.7 Å². The Kier molecular flexibility index (Phi) is 8.31. The predicted octanol–water partition coefficient (Wildman–Crippen LogP) is 5.84. The minimum absolute atomic E-state index is 0.0406. The molecular weight excluding hydrogens is 497 g/mol. The Morgan fingerprint density at radius 1 is 1.11 bits per heavy atom. The first kappa shape index (κ1) is 25.6. The summed E-state index contributed by atoms with van der Waals surface area (Å²) in [5, 5.41) is 9.91. The Hall–Kier alpha value is -3.04. The number of benzene rings is 1. The van der Waals surface area contributed by atoms with E-state index in [1.807, 2.05) is 0 Å². The van der Waals surface area contributed by atoms with E-state index in [-0.39, 0.29) is 22.2 Å². The molecule has 0 radical (unpaired) electrons.